The number of carbonyl (C=O) groups is 1. The maximum Gasteiger partial charge on any atom is 0.337 e. The van der Waals surface area contributed by atoms with Gasteiger partial charge in [-0.15, -0.1) is 0 Å². The highest BCUT2D eigenvalue weighted by Crippen LogP contribution is 2.31. The maximum atomic E-state index is 11.3. The fourth-order valence-electron chi connectivity index (χ4n) is 2.22. The molecule has 4 nitrogen and oxygen atoms in total. The van der Waals surface area contributed by atoms with Crippen LogP contribution in [0.1, 0.15) is 24.2 Å². The first-order valence-electron chi connectivity index (χ1n) is 5.80. The summed E-state index contributed by atoms with van der Waals surface area (Å²) in [6.45, 7) is 6.04. The number of carboxylic acids is 1. The van der Waals surface area contributed by atoms with Crippen LogP contribution in [0, 0.1) is 0 Å². The van der Waals surface area contributed by atoms with Crippen LogP contribution >= 0.6 is 15.9 Å². The number of carboxylic acid groups (broad SMARTS) is 1. The van der Waals surface area contributed by atoms with Crippen molar-refractivity contribution in [1.29, 1.82) is 0 Å². The van der Waals surface area contributed by atoms with Crippen molar-refractivity contribution in [2.45, 2.75) is 19.4 Å². The summed E-state index contributed by atoms with van der Waals surface area (Å²) < 4.78 is 6.24. The Morgan fingerprint density at radius 1 is 1.50 bits per heavy atom. The predicted octanol–water partition coefficient (Wildman–Crippen LogP) is 2.76. The highest BCUT2D eigenvalue weighted by atomic mass is 79.9. The van der Waals surface area contributed by atoms with Gasteiger partial charge in [0.2, 0.25) is 0 Å². The van der Waals surface area contributed by atoms with Crippen LogP contribution in [0.5, 0.6) is 0 Å². The van der Waals surface area contributed by atoms with E-state index in [-0.39, 0.29) is 5.54 Å². The number of anilines is 1. The van der Waals surface area contributed by atoms with E-state index < -0.39 is 5.97 Å². The molecule has 0 amide bonds. The van der Waals surface area contributed by atoms with Gasteiger partial charge in [-0.2, -0.15) is 0 Å². The molecule has 0 bridgehead atoms. The first kappa shape index (κ1) is 13.4. The molecule has 1 N–H and O–H groups in total. The standard InChI is InChI=1S/C13H16BrNO3/c1-13(2)8-18-6-5-15(13)11-4-3-9(14)7-10(11)12(16)17/h3-4,7H,5-6,8H2,1-2H3,(H,16,17). The summed E-state index contributed by atoms with van der Waals surface area (Å²) in [5.41, 5.74) is 0.870. The molecule has 0 atom stereocenters. The van der Waals surface area contributed by atoms with E-state index >= 15 is 0 Å². The van der Waals surface area contributed by atoms with Gasteiger partial charge in [0.15, 0.2) is 0 Å². The van der Waals surface area contributed by atoms with E-state index in [1.54, 1.807) is 6.07 Å². The van der Waals surface area contributed by atoms with E-state index in [2.05, 4.69) is 34.7 Å². The van der Waals surface area contributed by atoms with E-state index in [0.29, 0.717) is 25.3 Å². The Hall–Kier alpha value is -1.07. The zero-order chi connectivity index (χ0) is 13.3. The Balaban J connectivity index is 2.46. The second-order valence-electron chi connectivity index (χ2n) is 4.98. The first-order valence-corrected chi connectivity index (χ1v) is 6.59. The molecule has 0 aromatic heterocycles. The number of rotatable bonds is 2. The summed E-state index contributed by atoms with van der Waals surface area (Å²) in [5, 5.41) is 9.31. The van der Waals surface area contributed by atoms with Crippen LogP contribution in [0.4, 0.5) is 5.69 Å². The van der Waals surface area contributed by atoms with Crippen molar-refractivity contribution >= 4 is 27.6 Å². The molecule has 0 radical (unpaired) electrons. The molecule has 1 aromatic carbocycles. The lowest BCUT2D eigenvalue weighted by molar-refractivity contribution is 0.0629. The second kappa shape index (κ2) is 4.90. The Morgan fingerprint density at radius 3 is 2.83 bits per heavy atom. The summed E-state index contributed by atoms with van der Waals surface area (Å²) >= 11 is 3.31. The van der Waals surface area contributed by atoms with Crippen LogP contribution < -0.4 is 4.90 Å². The summed E-state index contributed by atoms with van der Waals surface area (Å²) in [7, 11) is 0. The number of hydrogen-bond acceptors (Lipinski definition) is 3. The molecule has 1 heterocycles. The van der Waals surface area contributed by atoms with Crippen molar-refractivity contribution in [1.82, 2.24) is 0 Å². The summed E-state index contributed by atoms with van der Waals surface area (Å²) in [4.78, 5) is 13.5. The van der Waals surface area contributed by atoms with Crippen molar-refractivity contribution in [3.63, 3.8) is 0 Å². The smallest absolute Gasteiger partial charge is 0.337 e. The highest BCUT2D eigenvalue weighted by molar-refractivity contribution is 9.10. The molecule has 18 heavy (non-hydrogen) atoms. The lowest BCUT2D eigenvalue weighted by atomic mass is 9.99. The van der Waals surface area contributed by atoms with Gasteiger partial charge in [-0.05, 0) is 32.0 Å². The molecule has 1 aliphatic rings. The van der Waals surface area contributed by atoms with Crippen LogP contribution in [0.25, 0.3) is 0 Å². The van der Waals surface area contributed by atoms with Gasteiger partial charge in [-0.25, -0.2) is 4.79 Å². The Labute approximate surface area is 115 Å². The molecular weight excluding hydrogens is 298 g/mol. The quantitative estimate of drug-likeness (QED) is 0.912. The lowest BCUT2D eigenvalue weighted by Gasteiger charge is -2.44. The van der Waals surface area contributed by atoms with Crippen molar-refractivity contribution in [3.8, 4) is 0 Å². The van der Waals surface area contributed by atoms with Gasteiger partial charge in [0.05, 0.1) is 30.0 Å². The number of halogens is 1. The summed E-state index contributed by atoms with van der Waals surface area (Å²) in [5.74, 6) is -0.909. The number of benzene rings is 1. The minimum Gasteiger partial charge on any atom is -0.478 e. The van der Waals surface area contributed by atoms with Crippen molar-refractivity contribution in [2.24, 2.45) is 0 Å². The molecule has 0 aliphatic carbocycles. The molecule has 1 aliphatic heterocycles. The molecule has 0 saturated carbocycles. The van der Waals surface area contributed by atoms with Crippen LogP contribution in [0.15, 0.2) is 22.7 Å². The third-order valence-corrected chi connectivity index (χ3v) is 3.62. The van der Waals surface area contributed by atoms with Crippen LogP contribution in [-0.4, -0.2) is 36.4 Å². The fourth-order valence-corrected chi connectivity index (χ4v) is 2.58. The number of nitrogens with zero attached hydrogens (tertiary/aromatic N) is 1. The predicted molar refractivity (Wildman–Crippen MR) is 73.3 cm³/mol. The topological polar surface area (TPSA) is 49.8 Å². The van der Waals surface area contributed by atoms with Gasteiger partial charge < -0.3 is 14.7 Å². The molecule has 1 saturated heterocycles. The van der Waals surface area contributed by atoms with Crippen LogP contribution in [0.3, 0.4) is 0 Å². The van der Waals surface area contributed by atoms with E-state index in [0.717, 1.165) is 10.2 Å². The molecular formula is C13H16BrNO3. The third-order valence-electron chi connectivity index (χ3n) is 3.13. The third kappa shape index (κ3) is 2.52. The van der Waals surface area contributed by atoms with Crippen molar-refractivity contribution < 1.29 is 14.6 Å². The number of hydrogen-bond donors (Lipinski definition) is 1. The number of aromatic carboxylic acids is 1. The number of morpholine rings is 1. The molecule has 1 fully saturated rings. The van der Waals surface area contributed by atoms with Gasteiger partial charge in [0.1, 0.15) is 0 Å². The zero-order valence-electron chi connectivity index (χ0n) is 10.4. The van der Waals surface area contributed by atoms with Crippen LogP contribution in [0.2, 0.25) is 0 Å². The van der Waals surface area contributed by atoms with E-state index in [9.17, 15) is 9.90 Å². The van der Waals surface area contributed by atoms with E-state index in [4.69, 9.17) is 4.74 Å². The summed E-state index contributed by atoms with van der Waals surface area (Å²) in [6, 6.07) is 5.36. The molecule has 98 valence electrons. The zero-order valence-corrected chi connectivity index (χ0v) is 12.0. The molecule has 2 rings (SSSR count). The molecule has 5 heteroatoms. The van der Waals surface area contributed by atoms with Gasteiger partial charge in [-0.1, -0.05) is 15.9 Å². The minimum absolute atomic E-state index is 0.198. The Bertz CT molecular complexity index is 473. The summed E-state index contributed by atoms with van der Waals surface area (Å²) in [6.07, 6.45) is 0. The molecule has 0 unspecified atom stereocenters. The minimum atomic E-state index is -0.909. The van der Waals surface area contributed by atoms with E-state index in [1.165, 1.54) is 0 Å². The highest BCUT2D eigenvalue weighted by Gasteiger charge is 2.32. The average Bonchev–Trinajstić information content (AvgIpc) is 2.29. The Morgan fingerprint density at radius 2 is 2.22 bits per heavy atom. The van der Waals surface area contributed by atoms with Gasteiger partial charge in [0, 0.05) is 11.0 Å². The Kier molecular flexibility index (Phi) is 3.64. The fraction of sp³-hybridized carbons (Fsp3) is 0.462. The second-order valence-corrected chi connectivity index (χ2v) is 5.90. The monoisotopic (exact) mass is 313 g/mol. The number of ether oxygens (including phenoxy) is 1. The maximum absolute atomic E-state index is 11.3. The van der Waals surface area contributed by atoms with Gasteiger partial charge in [0.25, 0.3) is 0 Å². The normalized spacial score (nSPS) is 18.7. The van der Waals surface area contributed by atoms with Gasteiger partial charge >= 0.3 is 5.97 Å². The van der Waals surface area contributed by atoms with Crippen LogP contribution in [-0.2, 0) is 4.74 Å². The van der Waals surface area contributed by atoms with Crippen molar-refractivity contribution in [2.75, 3.05) is 24.7 Å². The largest absolute Gasteiger partial charge is 0.478 e. The van der Waals surface area contributed by atoms with Gasteiger partial charge in [-0.3, -0.25) is 0 Å². The van der Waals surface area contributed by atoms with E-state index in [1.807, 2.05) is 12.1 Å². The lowest BCUT2D eigenvalue weighted by Crippen LogP contribution is -2.53. The molecule has 1 aromatic rings. The molecule has 0 spiro atoms. The SMILES string of the molecule is CC1(C)COCCN1c1ccc(Br)cc1C(=O)O. The average molecular weight is 314 g/mol. The van der Waals surface area contributed by atoms with Crippen molar-refractivity contribution in [3.05, 3.63) is 28.2 Å². The first-order chi connectivity index (χ1) is 8.42.